The lowest BCUT2D eigenvalue weighted by atomic mass is 9.88. The molecule has 0 spiro atoms. The molecule has 39 heavy (non-hydrogen) atoms. The smallest absolute Gasteiger partial charge is 0.255 e. The second-order valence-corrected chi connectivity index (χ2v) is 10.7. The molecule has 0 unspecified atom stereocenters. The lowest BCUT2D eigenvalue weighted by Gasteiger charge is -2.32. The molecule has 2 aliphatic rings. The number of aryl methyl sites for hydroxylation is 2. The van der Waals surface area contributed by atoms with Crippen LogP contribution >= 0.6 is 34.8 Å². The van der Waals surface area contributed by atoms with E-state index >= 15 is 0 Å². The van der Waals surface area contributed by atoms with E-state index in [4.69, 9.17) is 19.0 Å². The summed E-state index contributed by atoms with van der Waals surface area (Å²) in [6, 6.07) is 15.6. The van der Waals surface area contributed by atoms with Crippen LogP contribution in [0.15, 0.2) is 59.7 Å². The Morgan fingerprint density at radius 3 is 2.54 bits per heavy atom. The lowest BCUT2D eigenvalue weighted by Crippen LogP contribution is -2.34. The highest BCUT2D eigenvalue weighted by Gasteiger charge is 2.21. The number of methoxy groups -OCH3 is 1. The van der Waals surface area contributed by atoms with E-state index in [1.807, 2.05) is 17.8 Å². The Morgan fingerprint density at radius 2 is 1.87 bits per heavy atom. The molecule has 0 radical (unpaired) electrons. The van der Waals surface area contributed by atoms with Crippen LogP contribution in [0.1, 0.15) is 55.2 Å². The summed E-state index contributed by atoms with van der Waals surface area (Å²) in [7, 11) is 1.39. The number of nitrogens with zero attached hydrogens (tertiary/aromatic N) is 1. The molecule has 214 valence electrons. The number of piperidine rings is 1. The summed E-state index contributed by atoms with van der Waals surface area (Å²) in [6.45, 7) is 11.3. The van der Waals surface area contributed by atoms with E-state index in [1.165, 1.54) is 69.0 Å². The topological polar surface area (TPSA) is 98.9 Å². The van der Waals surface area contributed by atoms with Crippen molar-refractivity contribution in [2.24, 2.45) is 0 Å². The van der Waals surface area contributed by atoms with E-state index in [0.717, 1.165) is 54.2 Å². The number of benzene rings is 2. The Labute approximate surface area is 252 Å². The molecule has 1 fully saturated rings. The first-order chi connectivity index (χ1) is 18.9. The van der Waals surface area contributed by atoms with Crippen molar-refractivity contribution in [3.8, 4) is 5.75 Å². The molecular weight excluding hydrogens is 625 g/mol. The molecule has 1 saturated heterocycles. The van der Waals surface area contributed by atoms with Crippen molar-refractivity contribution in [3.05, 3.63) is 71.5 Å². The van der Waals surface area contributed by atoms with E-state index in [1.54, 1.807) is 11.1 Å². The zero-order valence-electron chi connectivity index (χ0n) is 23.3. The number of nitrogens with one attached hydrogen (secondary N) is 2. The highest BCUT2D eigenvalue weighted by atomic mass is 127. The largest absolute Gasteiger partial charge is 0.493 e. The van der Waals surface area contributed by atoms with Gasteiger partial charge < -0.3 is 22.5 Å². The fourth-order valence-electron chi connectivity index (χ4n) is 4.62. The molecule has 7 nitrogen and oxygen atoms in total. The maximum atomic E-state index is 7.04. The van der Waals surface area contributed by atoms with Crippen LogP contribution < -0.4 is 4.74 Å². The average Bonchev–Trinajstić information content (AvgIpc) is 2.97. The summed E-state index contributed by atoms with van der Waals surface area (Å²) in [6.07, 6.45) is 6.31. The number of rotatable bonds is 8. The Hall–Kier alpha value is -2.08. The van der Waals surface area contributed by atoms with Gasteiger partial charge in [-0.15, -0.1) is 11.8 Å². The number of likely N-dealkylation sites (tertiary alicyclic amines) is 1. The first kappa shape index (κ1) is 33.1. The number of hydrogen-bond acceptors (Lipinski definition) is 8. The SMILES string of the molecule is C=C(OC)C(=N)OC(C)=N.Cc1ccccc1OCCCN1CCC(c2ccc3c(c2)CCCS3)CC1.OI. The van der Waals surface area contributed by atoms with Gasteiger partial charge in [0.05, 0.1) is 13.7 Å². The van der Waals surface area contributed by atoms with Gasteiger partial charge in [0.1, 0.15) is 28.8 Å². The summed E-state index contributed by atoms with van der Waals surface area (Å²) in [5, 5.41) is 13.9. The summed E-state index contributed by atoms with van der Waals surface area (Å²) in [5.74, 6) is 2.91. The maximum Gasteiger partial charge on any atom is 0.255 e. The van der Waals surface area contributed by atoms with Gasteiger partial charge in [0.15, 0.2) is 11.7 Å². The van der Waals surface area contributed by atoms with Gasteiger partial charge in [0.25, 0.3) is 5.90 Å². The van der Waals surface area contributed by atoms with Crippen LogP contribution in [0.3, 0.4) is 0 Å². The average molecular weight is 668 g/mol. The van der Waals surface area contributed by atoms with Crippen molar-refractivity contribution < 1.29 is 17.6 Å². The second-order valence-electron chi connectivity index (χ2n) is 9.52. The fraction of sp³-hybridized carbons (Fsp3) is 0.467. The number of para-hydroxylation sites is 1. The minimum Gasteiger partial charge on any atom is -0.493 e. The van der Waals surface area contributed by atoms with Crippen molar-refractivity contribution in [2.45, 2.75) is 56.8 Å². The lowest BCUT2D eigenvalue weighted by molar-refractivity contribution is 0.192. The van der Waals surface area contributed by atoms with Gasteiger partial charge in [-0.1, -0.05) is 36.9 Å². The number of ether oxygens (including phenoxy) is 3. The van der Waals surface area contributed by atoms with Gasteiger partial charge in [-0.3, -0.25) is 10.8 Å². The van der Waals surface area contributed by atoms with E-state index < -0.39 is 0 Å². The third-order valence-corrected chi connectivity index (χ3v) is 7.92. The standard InChI is InChI=1S/C24H31NOS.C6H10N2O2.HIO/c1-19-6-2-3-8-23(19)26-16-5-13-25-14-11-20(12-15-25)21-9-10-24-22(18-21)7-4-17-27-24;1-4(9-3)6(8)10-5(2)7;1-2/h2-3,6,8-10,18,20H,4-5,7,11-17H2,1H3;7-8H,1H2,2-3H3;2H. The Kier molecular flexibility index (Phi) is 15.5. The molecule has 0 amide bonds. The van der Waals surface area contributed by atoms with Crippen LogP contribution in [0.25, 0.3) is 0 Å². The molecule has 4 rings (SSSR count). The van der Waals surface area contributed by atoms with Crippen LogP contribution in [0.4, 0.5) is 0 Å². The van der Waals surface area contributed by atoms with Crippen LogP contribution in [0.2, 0.25) is 0 Å². The van der Waals surface area contributed by atoms with Crippen molar-refractivity contribution >= 4 is 46.6 Å². The fourth-order valence-corrected chi connectivity index (χ4v) is 5.63. The third kappa shape index (κ3) is 11.5. The zero-order chi connectivity index (χ0) is 28.6. The number of thioether (sulfide) groups is 1. The summed E-state index contributed by atoms with van der Waals surface area (Å²) < 4.78 is 22.0. The predicted molar refractivity (Wildman–Crippen MR) is 170 cm³/mol. The van der Waals surface area contributed by atoms with Gasteiger partial charge in [0.2, 0.25) is 0 Å². The van der Waals surface area contributed by atoms with E-state index in [9.17, 15) is 0 Å². The van der Waals surface area contributed by atoms with Crippen molar-refractivity contribution in [1.82, 2.24) is 4.90 Å². The molecular formula is C30H42IN3O4S. The highest BCUT2D eigenvalue weighted by Crippen LogP contribution is 2.35. The van der Waals surface area contributed by atoms with Gasteiger partial charge in [-0.2, -0.15) is 0 Å². The molecule has 0 saturated carbocycles. The molecule has 2 heterocycles. The third-order valence-electron chi connectivity index (χ3n) is 6.72. The maximum absolute atomic E-state index is 7.04. The van der Waals surface area contributed by atoms with Gasteiger partial charge >= 0.3 is 0 Å². The Bertz CT molecular complexity index is 1070. The van der Waals surface area contributed by atoms with E-state index in [-0.39, 0.29) is 17.6 Å². The van der Waals surface area contributed by atoms with Crippen LogP contribution in [-0.2, 0) is 15.9 Å². The zero-order valence-corrected chi connectivity index (χ0v) is 26.3. The van der Waals surface area contributed by atoms with Crippen LogP contribution in [0, 0.1) is 17.7 Å². The minimum atomic E-state index is -0.227. The van der Waals surface area contributed by atoms with E-state index in [2.05, 4.69) is 64.3 Å². The summed E-state index contributed by atoms with van der Waals surface area (Å²) in [4.78, 5) is 4.14. The molecule has 0 atom stereocenters. The molecule has 0 bridgehead atoms. The predicted octanol–water partition coefficient (Wildman–Crippen LogP) is 7.15. The van der Waals surface area contributed by atoms with Crippen molar-refractivity contribution in [1.29, 1.82) is 10.8 Å². The molecule has 2 aromatic carbocycles. The number of halogens is 1. The molecule has 2 aromatic rings. The van der Waals surface area contributed by atoms with Crippen molar-refractivity contribution in [2.75, 3.05) is 39.1 Å². The van der Waals surface area contributed by atoms with Gasteiger partial charge in [-0.05, 0) is 92.6 Å². The van der Waals surface area contributed by atoms with Gasteiger partial charge in [-0.25, -0.2) is 0 Å². The summed E-state index contributed by atoms with van der Waals surface area (Å²) in [5.41, 5.74) is 4.40. The van der Waals surface area contributed by atoms with Crippen LogP contribution in [-0.4, -0.2) is 59.2 Å². The van der Waals surface area contributed by atoms with Crippen molar-refractivity contribution in [3.63, 3.8) is 0 Å². The monoisotopic (exact) mass is 667 g/mol. The number of fused-ring (bicyclic) bond motifs is 1. The minimum absolute atomic E-state index is 0.0526. The normalized spacial score (nSPS) is 14.9. The molecule has 0 aromatic heterocycles. The quantitative estimate of drug-likeness (QED) is 0.0910. The molecule has 2 aliphatic heterocycles. The van der Waals surface area contributed by atoms with Gasteiger partial charge in [0, 0.05) is 18.4 Å². The highest BCUT2D eigenvalue weighted by molar-refractivity contribution is 14.1. The number of hydrogen-bond donors (Lipinski definition) is 3. The van der Waals surface area contributed by atoms with E-state index in [0.29, 0.717) is 0 Å². The first-order valence-corrected chi connectivity index (χ1v) is 15.2. The first-order valence-electron chi connectivity index (χ1n) is 13.3. The summed E-state index contributed by atoms with van der Waals surface area (Å²) >= 11 is 3.18. The molecule has 0 aliphatic carbocycles. The second kappa shape index (κ2) is 18.3. The van der Waals surface area contributed by atoms with Crippen LogP contribution in [0.5, 0.6) is 5.75 Å². The molecule has 3 N–H and O–H groups in total. The Morgan fingerprint density at radius 1 is 1.15 bits per heavy atom. The Balaban J connectivity index is 0.000000378. The molecule has 9 heteroatoms.